The molecule has 1 aliphatic heterocycles. The zero-order valence-corrected chi connectivity index (χ0v) is 24.3. The third-order valence-electron chi connectivity index (χ3n) is 7.11. The molecule has 5 rings (SSSR count). The number of carbonyl (C=O) groups is 2. The van der Waals surface area contributed by atoms with Crippen molar-refractivity contribution < 1.29 is 14.0 Å². The molecule has 3 aromatic carbocycles. The molecule has 0 saturated carbocycles. The number of hydrogen-bond acceptors (Lipinski definition) is 3. The third kappa shape index (κ3) is 6.12. The second-order valence-corrected chi connectivity index (χ2v) is 11.3. The molecule has 3 N–H and O–H groups in total. The fraction of sp³-hybridized carbons (Fsp3) is 0.300. The summed E-state index contributed by atoms with van der Waals surface area (Å²) in [5.74, 6) is 0.439. The van der Waals surface area contributed by atoms with Crippen molar-refractivity contribution in [2.24, 2.45) is 0 Å². The predicted molar refractivity (Wildman–Crippen MR) is 160 cm³/mol. The van der Waals surface area contributed by atoms with Crippen LogP contribution in [0, 0.1) is 12.7 Å². The Labute approximate surface area is 241 Å². The van der Waals surface area contributed by atoms with Gasteiger partial charge in [0.2, 0.25) is 0 Å². The Balaban J connectivity index is 1.18. The molecule has 1 fully saturated rings. The number of likely N-dealkylation sites (tertiary alicyclic amines) is 1. The van der Waals surface area contributed by atoms with Crippen molar-refractivity contribution in [2.45, 2.75) is 45.7 Å². The van der Waals surface area contributed by atoms with E-state index in [-0.39, 0.29) is 30.0 Å². The number of piperidine rings is 1. The fourth-order valence-corrected chi connectivity index (χ4v) is 5.31. The lowest BCUT2D eigenvalue weighted by Gasteiger charge is -2.32. The minimum atomic E-state index is -0.316. The number of amides is 4. The second-order valence-electron chi connectivity index (χ2n) is 10.4. The van der Waals surface area contributed by atoms with E-state index in [1.807, 2.05) is 49.4 Å². The van der Waals surface area contributed by atoms with E-state index in [1.54, 1.807) is 11.0 Å². The Morgan fingerprint density at radius 2 is 1.73 bits per heavy atom. The van der Waals surface area contributed by atoms with Crippen molar-refractivity contribution in [1.82, 2.24) is 19.8 Å². The smallest absolute Gasteiger partial charge is 0.321 e. The average molecular weight is 608 g/mol. The minimum absolute atomic E-state index is 0.0253. The highest BCUT2D eigenvalue weighted by Gasteiger charge is 2.24. The maximum Gasteiger partial charge on any atom is 0.321 e. The Kier molecular flexibility index (Phi) is 8.07. The first-order valence-corrected chi connectivity index (χ1v) is 14.1. The van der Waals surface area contributed by atoms with E-state index in [4.69, 9.17) is 4.98 Å². The fourth-order valence-electron chi connectivity index (χ4n) is 5.05. The first kappa shape index (κ1) is 27.6. The van der Waals surface area contributed by atoms with Crippen molar-refractivity contribution in [3.05, 3.63) is 76.5 Å². The van der Waals surface area contributed by atoms with Crippen LogP contribution in [0.2, 0.25) is 0 Å². The summed E-state index contributed by atoms with van der Waals surface area (Å²) < 4.78 is 16.9. The lowest BCUT2D eigenvalue weighted by molar-refractivity contribution is 0.189. The van der Waals surface area contributed by atoms with Gasteiger partial charge in [-0.05, 0) is 93.8 Å². The van der Waals surface area contributed by atoms with Crippen LogP contribution in [0.3, 0.4) is 0 Å². The molecule has 0 spiro atoms. The molecule has 10 heteroatoms. The summed E-state index contributed by atoms with van der Waals surface area (Å²) in [4.78, 5) is 31.9. The highest BCUT2D eigenvalue weighted by Crippen LogP contribution is 2.31. The van der Waals surface area contributed by atoms with Gasteiger partial charge in [-0.3, -0.25) is 0 Å². The van der Waals surface area contributed by atoms with Crippen LogP contribution in [0.25, 0.3) is 22.4 Å². The van der Waals surface area contributed by atoms with E-state index in [2.05, 4.69) is 50.3 Å². The molecule has 4 aromatic rings. The van der Waals surface area contributed by atoms with Gasteiger partial charge in [0, 0.05) is 52.7 Å². The second kappa shape index (κ2) is 11.7. The Morgan fingerprint density at radius 3 is 2.40 bits per heavy atom. The molecule has 40 heavy (non-hydrogen) atoms. The third-order valence-corrected chi connectivity index (χ3v) is 7.64. The van der Waals surface area contributed by atoms with Crippen molar-refractivity contribution in [3.8, 4) is 11.4 Å². The van der Waals surface area contributed by atoms with E-state index in [0.29, 0.717) is 37.1 Å². The summed E-state index contributed by atoms with van der Waals surface area (Å²) in [6, 6.07) is 17.6. The van der Waals surface area contributed by atoms with Gasteiger partial charge in [0.25, 0.3) is 0 Å². The first-order valence-electron chi connectivity index (χ1n) is 13.4. The zero-order chi connectivity index (χ0) is 28.4. The number of benzene rings is 3. The van der Waals surface area contributed by atoms with Crippen molar-refractivity contribution in [3.63, 3.8) is 0 Å². The number of aromatic nitrogens is 2. The number of nitrogens with zero attached hydrogens (tertiary/aromatic N) is 3. The van der Waals surface area contributed by atoms with Gasteiger partial charge >= 0.3 is 12.1 Å². The topological polar surface area (TPSA) is 91.3 Å². The van der Waals surface area contributed by atoms with E-state index >= 15 is 0 Å². The summed E-state index contributed by atoms with van der Waals surface area (Å²) in [7, 11) is 0. The number of nitrogens with one attached hydrogen (secondary N) is 3. The number of urea groups is 2. The van der Waals surface area contributed by atoms with E-state index in [1.165, 1.54) is 12.1 Å². The Bertz CT molecular complexity index is 1540. The van der Waals surface area contributed by atoms with Crippen LogP contribution in [-0.4, -0.2) is 45.6 Å². The number of rotatable bonds is 5. The van der Waals surface area contributed by atoms with Crippen LogP contribution in [-0.2, 0) is 0 Å². The van der Waals surface area contributed by atoms with Crippen LogP contribution in [0.4, 0.5) is 25.4 Å². The van der Waals surface area contributed by atoms with Gasteiger partial charge in [-0.2, -0.15) is 0 Å². The van der Waals surface area contributed by atoms with Gasteiger partial charge in [-0.1, -0.05) is 15.9 Å². The molecular weight excluding hydrogens is 575 g/mol. The van der Waals surface area contributed by atoms with E-state index in [9.17, 15) is 14.0 Å². The van der Waals surface area contributed by atoms with E-state index < -0.39 is 0 Å². The lowest BCUT2D eigenvalue weighted by atomic mass is 10.1. The maximum atomic E-state index is 13.8. The number of hydrogen-bond donors (Lipinski definition) is 3. The number of halogens is 2. The number of anilines is 2. The monoisotopic (exact) mass is 606 g/mol. The van der Waals surface area contributed by atoms with Crippen LogP contribution in [0.5, 0.6) is 0 Å². The summed E-state index contributed by atoms with van der Waals surface area (Å²) in [5.41, 5.74) is 4.71. The molecule has 0 bridgehead atoms. The molecule has 1 saturated heterocycles. The number of carbonyl (C=O) groups excluding carboxylic acids is 2. The van der Waals surface area contributed by atoms with Crippen LogP contribution in [0.1, 0.15) is 38.3 Å². The minimum Gasteiger partial charge on any atom is -0.335 e. The number of fused-ring (bicyclic) bond motifs is 1. The molecule has 0 atom stereocenters. The molecule has 0 radical (unpaired) electrons. The van der Waals surface area contributed by atoms with E-state index in [0.717, 1.165) is 32.6 Å². The lowest BCUT2D eigenvalue weighted by Crippen LogP contribution is -2.48. The average Bonchev–Trinajstić information content (AvgIpc) is 3.30. The maximum absolute atomic E-state index is 13.8. The standard InChI is InChI=1S/C30H32BrFN6O2/c1-18(2)38-27-11-7-22(32)17-26(27)35-28(38)20-4-10-25(19(3)16-20)36-29(39)33-24-12-14-37(15-13-24)30(40)34-23-8-5-21(31)6-9-23/h4-11,16-18,24H,12-15H2,1-3H3,(H,34,40)(H2,33,36,39). The summed E-state index contributed by atoms with van der Waals surface area (Å²) in [6.07, 6.45) is 1.34. The molecule has 1 aliphatic rings. The highest BCUT2D eigenvalue weighted by molar-refractivity contribution is 9.10. The van der Waals surface area contributed by atoms with Gasteiger partial charge in [0.1, 0.15) is 11.6 Å². The quantitative estimate of drug-likeness (QED) is 0.222. The molecule has 208 valence electrons. The summed E-state index contributed by atoms with van der Waals surface area (Å²) >= 11 is 3.39. The van der Waals surface area contributed by atoms with Gasteiger partial charge in [0.05, 0.1) is 11.0 Å². The normalized spacial score (nSPS) is 14.0. The van der Waals surface area contributed by atoms with Gasteiger partial charge in [-0.15, -0.1) is 0 Å². The summed E-state index contributed by atoms with van der Waals surface area (Å²) in [5, 5.41) is 8.91. The van der Waals surface area contributed by atoms with Crippen molar-refractivity contribution >= 4 is 50.4 Å². The molecular formula is C30H32BrFN6O2. The predicted octanol–water partition coefficient (Wildman–Crippen LogP) is 7.31. The Hall–Kier alpha value is -3.92. The number of aryl methyl sites for hydroxylation is 1. The Morgan fingerprint density at radius 1 is 1.00 bits per heavy atom. The summed E-state index contributed by atoms with van der Waals surface area (Å²) in [6.45, 7) is 7.19. The van der Waals surface area contributed by atoms with Crippen LogP contribution >= 0.6 is 15.9 Å². The number of imidazole rings is 1. The van der Waals surface area contributed by atoms with Crippen molar-refractivity contribution in [1.29, 1.82) is 0 Å². The zero-order valence-electron chi connectivity index (χ0n) is 22.7. The van der Waals surface area contributed by atoms with Gasteiger partial charge < -0.3 is 25.4 Å². The van der Waals surface area contributed by atoms with Crippen LogP contribution in [0.15, 0.2) is 65.1 Å². The molecule has 0 aliphatic carbocycles. The van der Waals surface area contributed by atoms with Gasteiger partial charge in [0.15, 0.2) is 0 Å². The molecule has 4 amide bonds. The largest absolute Gasteiger partial charge is 0.335 e. The SMILES string of the molecule is Cc1cc(-c2nc3cc(F)ccc3n2C(C)C)ccc1NC(=O)NC1CCN(C(=O)Nc2ccc(Br)cc2)CC1. The molecule has 1 aromatic heterocycles. The molecule has 8 nitrogen and oxygen atoms in total. The van der Waals surface area contributed by atoms with Crippen molar-refractivity contribution in [2.75, 3.05) is 23.7 Å². The molecule has 0 unspecified atom stereocenters. The molecule has 2 heterocycles. The first-order chi connectivity index (χ1) is 19.2. The van der Waals surface area contributed by atoms with Crippen LogP contribution < -0.4 is 16.0 Å². The highest BCUT2D eigenvalue weighted by atomic mass is 79.9. The van der Waals surface area contributed by atoms with Gasteiger partial charge in [-0.25, -0.2) is 19.0 Å².